The first-order chi connectivity index (χ1) is 10.2. The predicted molar refractivity (Wildman–Crippen MR) is 74.0 cm³/mol. The average molecular weight is 362 g/mol. The van der Waals surface area contributed by atoms with Crippen LogP contribution in [-0.2, 0) is 28.6 Å². The molecule has 0 rings (SSSR count). The molecule has 0 heterocycles. The van der Waals surface area contributed by atoms with E-state index in [1.807, 2.05) is 0 Å². The van der Waals surface area contributed by atoms with Crippen molar-refractivity contribution in [3.63, 3.8) is 0 Å². The van der Waals surface area contributed by atoms with Crippen LogP contribution in [-0.4, -0.2) is 56.9 Å². The summed E-state index contributed by atoms with van der Waals surface area (Å²) in [5.74, 6) is -4.11. The Balaban J connectivity index is 5.51. The van der Waals surface area contributed by atoms with Gasteiger partial charge >= 0.3 is 24.1 Å². The Morgan fingerprint density at radius 1 is 0.864 bits per heavy atom. The van der Waals surface area contributed by atoms with Crippen molar-refractivity contribution >= 4 is 41.4 Å². The van der Waals surface area contributed by atoms with Gasteiger partial charge in [-0.3, -0.25) is 9.59 Å². The molecule has 0 fully saturated rings. The summed E-state index contributed by atoms with van der Waals surface area (Å²) < 4.78 is 51.2. The second kappa shape index (κ2) is 9.62. The smallest absolute Gasteiger partial charge is 0.424 e. The molecule has 11 heteroatoms. The monoisotopic (exact) mass is 362 g/mol. The highest BCUT2D eigenvalue weighted by molar-refractivity contribution is 8.22. The van der Waals surface area contributed by atoms with Gasteiger partial charge in [-0.1, -0.05) is 0 Å². The van der Waals surface area contributed by atoms with Gasteiger partial charge in [0.25, 0.3) is 0 Å². The SMILES string of the molecule is COC(=O)CSC(SCC(=O)OC)=C(C(=O)OC)C(F)(F)F. The fourth-order valence-electron chi connectivity index (χ4n) is 0.970. The highest BCUT2D eigenvalue weighted by Crippen LogP contribution is 2.39. The molecule has 0 aromatic heterocycles. The Labute approximate surface area is 132 Å². The Hall–Kier alpha value is -1.36. The number of hydrogen-bond acceptors (Lipinski definition) is 8. The van der Waals surface area contributed by atoms with Crippen molar-refractivity contribution < 1.29 is 41.8 Å². The molecule has 0 aliphatic rings. The summed E-state index contributed by atoms with van der Waals surface area (Å²) in [7, 11) is 2.93. The van der Waals surface area contributed by atoms with E-state index in [9.17, 15) is 27.6 Å². The molecule has 0 aromatic rings. The lowest BCUT2D eigenvalue weighted by Crippen LogP contribution is -2.23. The number of methoxy groups -OCH3 is 3. The molecule has 6 nitrogen and oxygen atoms in total. The fourth-order valence-corrected chi connectivity index (χ4v) is 3.08. The molecule has 0 radical (unpaired) electrons. The zero-order chi connectivity index (χ0) is 17.3. The molecule has 22 heavy (non-hydrogen) atoms. The first-order valence-electron chi connectivity index (χ1n) is 5.46. The largest absolute Gasteiger partial charge is 0.468 e. The van der Waals surface area contributed by atoms with Crippen LogP contribution >= 0.6 is 23.5 Å². The Morgan fingerprint density at radius 2 is 1.27 bits per heavy atom. The van der Waals surface area contributed by atoms with Gasteiger partial charge in [-0.05, 0) is 0 Å². The van der Waals surface area contributed by atoms with Crippen molar-refractivity contribution in [1.82, 2.24) is 0 Å². The molecule has 0 aliphatic carbocycles. The molecule has 0 bridgehead atoms. The van der Waals surface area contributed by atoms with Crippen LogP contribution in [0.5, 0.6) is 0 Å². The van der Waals surface area contributed by atoms with Gasteiger partial charge in [0.05, 0.1) is 37.1 Å². The predicted octanol–water partition coefficient (Wildman–Crippen LogP) is 1.75. The van der Waals surface area contributed by atoms with Gasteiger partial charge in [0.1, 0.15) is 0 Å². The Morgan fingerprint density at radius 3 is 1.55 bits per heavy atom. The normalized spacial score (nSPS) is 10.6. The number of carbonyl (C=O) groups is 3. The second-order valence-corrected chi connectivity index (χ2v) is 5.61. The Kier molecular flexibility index (Phi) is 9.02. The van der Waals surface area contributed by atoms with Crippen molar-refractivity contribution in [3.8, 4) is 0 Å². The third kappa shape index (κ3) is 7.07. The van der Waals surface area contributed by atoms with E-state index in [4.69, 9.17) is 0 Å². The van der Waals surface area contributed by atoms with E-state index in [1.165, 1.54) is 0 Å². The minimum absolute atomic E-state index is 0.425. The second-order valence-electron chi connectivity index (χ2n) is 3.38. The van der Waals surface area contributed by atoms with Crippen LogP contribution in [0.1, 0.15) is 0 Å². The van der Waals surface area contributed by atoms with Gasteiger partial charge in [-0.25, -0.2) is 4.79 Å². The average Bonchev–Trinajstić information content (AvgIpc) is 2.46. The highest BCUT2D eigenvalue weighted by Gasteiger charge is 2.43. The van der Waals surface area contributed by atoms with Crippen molar-refractivity contribution in [2.45, 2.75) is 6.18 Å². The minimum Gasteiger partial charge on any atom is -0.468 e. The summed E-state index contributed by atoms with van der Waals surface area (Å²) in [4.78, 5) is 33.5. The third-order valence-electron chi connectivity index (χ3n) is 1.97. The summed E-state index contributed by atoms with van der Waals surface area (Å²) in [6.45, 7) is 0. The van der Waals surface area contributed by atoms with Gasteiger partial charge in [0, 0.05) is 0 Å². The highest BCUT2D eigenvalue weighted by atomic mass is 32.2. The quantitative estimate of drug-likeness (QED) is 0.385. The number of carbonyl (C=O) groups excluding carboxylic acids is 3. The Bertz CT molecular complexity index is 439. The maximum absolute atomic E-state index is 13.0. The standard InChI is InChI=1S/C11H13F3O6S2/c1-18-6(15)4-21-10(22-5-7(16)19-2)8(9(17)20-3)11(12,13)14/h4-5H2,1-3H3. The van der Waals surface area contributed by atoms with E-state index >= 15 is 0 Å². The molecule has 0 unspecified atom stereocenters. The van der Waals surface area contributed by atoms with Gasteiger partial charge in [-0.2, -0.15) is 13.2 Å². The van der Waals surface area contributed by atoms with E-state index in [0.29, 0.717) is 23.5 Å². The van der Waals surface area contributed by atoms with Gasteiger partial charge in [0.2, 0.25) is 0 Å². The van der Waals surface area contributed by atoms with Crippen molar-refractivity contribution in [1.29, 1.82) is 0 Å². The molecule has 0 spiro atoms. The molecule has 0 saturated carbocycles. The fraction of sp³-hybridized carbons (Fsp3) is 0.545. The lowest BCUT2D eigenvalue weighted by Gasteiger charge is -2.15. The van der Waals surface area contributed by atoms with Crippen LogP contribution in [0, 0.1) is 0 Å². The minimum atomic E-state index is -5.01. The van der Waals surface area contributed by atoms with E-state index < -0.39 is 45.4 Å². The molecule has 0 N–H and O–H groups in total. The summed E-state index contributed by atoms with van der Waals surface area (Å²) in [5, 5.41) is 0. The number of halogens is 3. The van der Waals surface area contributed by atoms with E-state index in [1.54, 1.807) is 0 Å². The van der Waals surface area contributed by atoms with Gasteiger partial charge in [-0.15, -0.1) is 23.5 Å². The molecular formula is C11H13F3O6S2. The summed E-state index contributed by atoms with van der Waals surface area (Å²) in [6.07, 6.45) is -5.01. The van der Waals surface area contributed by atoms with Crippen molar-refractivity contribution in [2.24, 2.45) is 0 Å². The molecule has 0 aliphatic heterocycles. The number of esters is 3. The zero-order valence-corrected chi connectivity index (χ0v) is 13.4. The molecule has 0 amide bonds. The van der Waals surface area contributed by atoms with Crippen LogP contribution in [0.2, 0.25) is 0 Å². The van der Waals surface area contributed by atoms with Crippen LogP contribution < -0.4 is 0 Å². The number of thioether (sulfide) groups is 2. The molecule has 0 atom stereocenters. The van der Waals surface area contributed by atoms with Gasteiger partial charge in [0.15, 0.2) is 5.57 Å². The van der Waals surface area contributed by atoms with E-state index in [0.717, 1.165) is 21.3 Å². The molecule has 0 aromatic carbocycles. The zero-order valence-electron chi connectivity index (χ0n) is 11.8. The van der Waals surface area contributed by atoms with Gasteiger partial charge < -0.3 is 14.2 Å². The van der Waals surface area contributed by atoms with Crippen LogP contribution in [0.15, 0.2) is 9.81 Å². The number of rotatable bonds is 7. The molecular weight excluding hydrogens is 349 g/mol. The van der Waals surface area contributed by atoms with E-state index in [-0.39, 0.29) is 0 Å². The molecule has 0 saturated heterocycles. The summed E-state index contributed by atoms with van der Waals surface area (Å²) >= 11 is 0.850. The van der Waals surface area contributed by atoms with Crippen LogP contribution in [0.3, 0.4) is 0 Å². The first kappa shape index (κ1) is 20.6. The van der Waals surface area contributed by atoms with Crippen LogP contribution in [0.4, 0.5) is 13.2 Å². The van der Waals surface area contributed by atoms with E-state index in [2.05, 4.69) is 14.2 Å². The third-order valence-corrected chi connectivity index (χ3v) is 4.37. The lowest BCUT2D eigenvalue weighted by atomic mass is 10.3. The number of alkyl halides is 3. The maximum Gasteiger partial charge on any atom is 0.424 e. The molecule has 126 valence electrons. The summed E-state index contributed by atoms with van der Waals surface area (Å²) in [5.41, 5.74) is -1.59. The van der Waals surface area contributed by atoms with Crippen molar-refractivity contribution in [2.75, 3.05) is 32.8 Å². The van der Waals surface area contributed by atoms with Crippen molar-refractivity contribution in [3.05, 3.63) is 9.81 Å². The van der Waals surface area contributed by atoms with Crippen LogP contribution in [0.25, 0.3) is 0 Å². The topological polar surface area (TPSA) is 78.9 Å². The maximum atomic E-state index is 13.0. The first-order valence-corrected chi connectivity index (χ1v) is 7.43. The summed E-state index contributed by atoms with van der Waals surface area (Å²) in [6, 6.07) is 0. The lowest BCUT2D eigenvalue weighted by molar-refractivity contribution is -0.148. The number of ether oxygens (including phenoxy) is 3. The number of hydrogen-bond donors (Lipinski definition) is 0.